The van der Waals surface area contributed by atoms with Gasteiger partial charge in [0.2, 0.25) is 0 Å². The van der Waals surface area contributed by atoms with Crippen LogP contribution in [0.2, 0.25) is 18.1 Å². The quantitative estimate of drug-likeness (QED) is 0.247. The van der Waals surface area contributed by atoms with Crippen LogP contribution in [0.15, 0.2) is 47.3 Å². The van der Waals surface area contributed by atoms with Gasteiger partial charge in [-0.3, -0.25) is 4.79 Å². The van der Waals surface area contributed by atoms with E-state index in [9.17, 15) is 18.8 Å². The van der Waals surface area contributed by atoms with Crippen LogP contribution in [0.1, 0.15) is 45.9 Å². The van der Waals surface area contributed by atoms with Crippen molar-refractivity contribution in [2.45, 2.75) is 65.2 Å². The van der Waals surface area contributed by atoms with Gasteiger partial charge in [0.15, 0.2) is 8.32 Å². The summed E-state index contributed by atoms with van der Waals surface area (Å²) < 4.78 is 26.2. The molecular formula is C29H39FN4O5Si. The zero-order valence-corrected chi connectivity index (χ0v) is 25.3. The van der Waals surface area contributed by atoms with Crippen molar-refractivity contribution in [1.29, 1.82) is 0 Å². The number of urea groups is 1. The van der Waals surface area contributed by atoms with Crippen LogP contribution in [0.5, 0.6) is 0 Å². The molecule has 2 aromatic carbocycles. The van der Waals surface area contributed by atoms with E-state index < -0.39 is 32.2 Å². The molecule has 2 amide bonds. The van der Waals surface area contributed by atoms with Gasteiger partial charge in [-0.2, -0.15) is 5.10 Å². The first-order chi connectivity index (χ1) is 18.7. The highest BCUT2D eigenvalue weighted by Gasteiger charge is 2.37. The number of carbonyl (C=O) groups excluding carboxylic acids is 2. The Labute approximate surface area is 235 Å². The molecule has 1 heterocycles. The number of nitrogens with one attached hydrogen (secondary N) is 2. The summed E-state index contributed by atoms with van der Waals surface area (Å²) in [5.41, 5.74) is 0.953. The Bertz CT molecular complexity index is 1420. The number of hydrogen-bond donors (Lipinski definition) is 2. The first-order valence-electron chi connectivity index (χ1n) is 13.4. The fourth-order valence-corrected chi connectivity index (χ4v) is 4.98. The van der Waals surface area contributed by atoms with E-state index in [0.29, 0.717) is 28.5 Å². The highest BCUT2D eigenvalue weighted by atomic mass is 28.4. The van der Waals surface area contributed by atoms with Crippen LogP contribution >= 0.6 is 0 Å². The number of benzene rings is 2. The number of anilines is 1. The smallest absolute Gasteiger partial charge is 0.328 e. The number of aromatic nitrogens is 2. The number of H-pyrrole nitrogens is 1. The molecule has 0 radical (unpaired) electrons. The van der Waals surface area contributed by atoms with E-state index in [-0.39, 0.29) is 36.0 Å². The Morgan fingerprint density at radius 1 is 1.15 bits per heavy atom. The third-order valence-corrected chi connectivity index (χ3v) is 11.9. The second-order valence-electron chi connectivity index (χ2n) is 11.2. The maximum atomic E-state index is 14.9. The number of nitrogens with zero attached hydrogens (tertiary/aromatic N) is 2. The Morgan fingerprint density at radius 2 is 1.82 bits per heavy atom. The average molecular weight is 571 g/mol. The molecular weight excluding hydrogens is 531 g/mol. The summed E-state index contributed by atoms with van der Waals surface area (Å²) in [6.45, 7) is 14.3. The summed E-state index contributed by atoms with van der Waals surface area (Å²) in [6, 6.07) is 9.92. The number of aromatic amines is 1. The van der Waals surface area contributed by atoms with Gasteiger partial charge in [0.05, 0.1) is 30.0 Å². The predicted molar refractivity (Wildman–Crippen MR) is 157 cm³/mol. The minimum Gasteiger partial charge on any atom is -0.464 e. The molecule has 1 atom stereocenters. The van der Waals surface area contributed by atoms with Crippen LogP contribution in [-0.2, 0) is 20.4 Å². The molecule has 1 aromatic heterocycles. The summed E-state index contributed by atoms with van der Waals surface area (Å²) in [6.07, 6.45) is 0.295. The first kappa shape index (κ1) is 31.0. The van der Waals surface area contributed by atoms with Gasteiger partial charge in [0.25, 0.3) is 5.56 Å². The number of hydrogen-bond acceptors (Lipinski definition) is 6. The first-order valence-corrected chi connectivity index (χ1v) is 16.3. The molecule has 0 aliphatic heterocycles. The van der Waals surface area contributed by atoms with E-state index in [4.69, 9.17) is 9.16 Å². The van der Waals surface area contributed by atoms with Crippen LogP contribution in [0.3, 0.4) is 0 Å². The van der Waals surface area contributed by atoms with Crippen LogP contribution in [0.4, 0.5) is 14.9 Å². The highest BCUT2D eigenvalue weighted by Crippen LogP contribution is 2.36. The molecule has 2 N–H and O–H groups in total. The highest BCUT2D eigenvalue weighted by molar-refractivity contribution is 6.74. The number of carbonyl (C=O) groups is 2. The molecule has 0 aliphatic rings. The Kier molecular flexibility index (Phi) is 9.85. The molecule has 3 aromatic rings. The van der Waals surface area contributed by atoms with E-state index in [1.165, 1.54) is 17.0 Å². The normalized spacial score (nSPS) is 12.7. The van der Waals surface area contributed by atoms with Crippen molar-refractivity contribution in [3.05, 3.63) is 69.9 Å². The maximum absolute atomic E-state index is 14.9. The predicted octanol–water partition coefficient (Wildman–Crippen LogP) is 5.46. The minimum atomic E-state index is -2.10. The van der Waals surface area contributed by atoms with Crippen molar-refractivity contribution in [2.75, 3.05) is 25.1 Å². The molecule has 11 heteroatoms. The van der Waals surface area contributed by atoms with E-state index in [0.717, 1.165) is 0 Å². The Morgan fingerprint density at radius 3 is 2.48 bits per heavy atom. The van der Waals surface area contributed by atoms with Gasteiger partial charge in [0, 0.05) is 18.4 Å². The molecule has 0 saturated carbocycles. The second kappa shape index (κ2) is 12.7. The van der Waals surface area contributed by atoms with Crippen LogP contribution in [-0.4, -0.2) is 61.2 Å². The lowest BCUT2D eigenvalue weighted by atomic mass is 10.0. The van der Waals surface area contributed by atoms with Gasteiger partial charge in [-0.1, -0.05) is 45.0 Å². The molecule has 9 nitrogen and oxygen atoms in total. The molecule has 0 aliphatic carbocycles. The van der Waals surface area contributed by atoms with E-state index >= 15 is 0 Å². The fourth-order valence-electron chi connectivity index (χ4n) is 3.94. The third-order valence-electron chi connectivity index (χ3n) is 7.38. The van der Waals surface area contributed by atoms with Crippen molar-refractivity contribution in [2.24, 2.45) is 0 Å². The average Bonchev–Trinajstić information content (AvgIpc) is 2.89. The molecule has 0 saturated heterocycles. The second-order valence-corrected chi connectivity index (χ2v) is 16.0. The van der Waals surface area contributed by atoms with Gasteiger partial charge < -0.3 is 19.4 Å². The SMILES string of the molecule is CCOC(=O)C(C)N(CCO[Si](C)(C)C(C)(C)C)C(=O)Nc1cc(Cc2n[nH]c(=O)c3ccccc23)ccc1F. The summed E-state index contributed by atoms with van der Waals surface area (Å²) in [7, 11) is -2.10. The van der Waals surface area contributed by atoms with E-state index in [1.54, 1.807) is 38.1 Å². The number of esters is 1. The Balaban J connectivity index is 1.83. The van der Waals surface area contributed by atoms with E-state index in [2.05, 4.69) is 49.4 Å². The maximum Gasteiger partial charge on any atom is 0.328 e. The monoisotopic (exact) mass is 570 g/mol. The number of ether oxygens (including phenoxy) is 1. The molecule has 1 unspecified atom stereocenters. The zero-order chi connectivity index (χ0) is 29.7. The molecule has 0 fully saturated rings. The van der Waals surface area contributed by atoms with Gasteiger partial charge in [-0.05, 0) is 55.7 Å². The van der Waals surface area contributed by atoms with Crippen molar-refractivity contribution in [1.82, 2.24) is 15.1 Å². The lowest BCUT2D eigenvalue weighted by Gasteiger charge is -2.37. The van der Waals surface area contributed by atoms with E-state index in [1.807, 2.05) is 6.07 Å². The number of fused-ring (bicyclic) bond motifs is 1. The summed E-state index contributed by atoms with van der Waals surface area (Å²) >= 11 is 0. The fraction of sp³-hybridized carbons (Fsp3) is 0.448. The standard InChI is InChI=1S/C29H39FN4O5Si/c1-8-38-27(36)19(2)34(15-16-39-40(6,7)29(3,4)5)28(37)31-25-18-20(13-14-23(25)30)17-24-21-11-9-10-12-22(21)26(35)33-32-24/h9-14,18-19H,8,15-17H2,1-7H3,(H,31,37)(H,33,35). The number of amides is 2. The lowest BCUT2D eigenvalue weighted by Crippen LogP contribution is -2.49. The van der Waals surface area contributed by atoms with Crippen LogP contribution in [0, 0.1) is 5.82 Å². The number of rotatable bonds is 10. The topological polar surface area (TPSA) is 114 Å². The van der Waals surface area contributed by atoms with Crippen molar-refractivity contribution in [3.8, 4) is 0 Å². The van der Waals surface area contributed by atoms with Crippen LogP contribution in [0.25, 0.3) is 10.8 Å². The van der Waals surface area contributed by atoms with Gasteiger partial charge in [-0.15, -0.1) is 0 Å². The number of halogens is 1. The van der Waals surface area contributed by atoms with Gasteiger partial charge in [-0.25, -0.2) is 19.1 Å². The zero-order valence-electron chi connectivity index (χ0n) is 24.3. The molecule has 0 spiro atoms. The summed E-state index contributed by atoms with van der Waals surface area (Å²) in [5, 5.41) is 10.5. The van der Waals surface area contributed by atoms with Gasteiger partial charge in [0.1, 0.15) is 11.9 Å². The minimum absolute atomic E-state index is 0.0254. The lowest BCUT2D eigenvalue weighted by molar-refractivity contribution is -0.147. The Hall–Kier alpha value is -3.57. The summed E-state index contributed by atoms with van der Waals surface area (Å²) in [5.74, 6) is -1.19. The third kappa shape index (κ3) is 7.33. The molecule has 3 rings (SSSR count). The molecule has 40 heavy (non-hydrogen) atoms. The summed E-state index contributed by atoms with van der Waals surface area (Å²) in [4.78, 5) is 39.4. The van der Waals surface area contributed by atoms with Crippen molar-refractivity contribution < 1.29 is 23.1 Å². The van der Waals surface area contributed by atoms with Gasteiger partial charge >= 0.3 is 12.0 Å². The molecule has 0 bridgehead atoms. The van der Waals surface area contributed by atoms with Crippen molar-refractivity contribution >= 4 is 36.8 Å². The van der Waals surface area contributed by atoms with Crippen molar-refractivity contribution in [3.63, 3.8) is 0 Å². The molecule has 216 valence electrons. The largest absolute Gasteiger partial charge is 0.464 e. The van der Waals surface area contributed by atoms with Crippen LogP contribution < -0.4 is 10.9 Å².